The second kappa shape index (κ2) is 10.6. The summed E-state index contributed by atoms with van der Waals surface area (Å²) in [4.78, 5) is 13.9. The second-order valence-corrected chi connectivity index (χ2v) is 4.30. The SMILES string of the molecule is CNCC1CCCN1C(=O)CCOCCOC.Cl. The van der Waals surface area contributed by atoms with E-state index in [2.05, 4.69) is 5.32 Å². The molecule has 6 heteroatoms. The van der Waals surface area contributed by atoms with Gasteiger partial charge in [0.15, 0.2) is 0 Å². The van der Waals surface area contributed by atoms with E-state index in [1.54, 1.807) is 7.11 Å². The molecule has 1 unspecified atom stereocenters. The van der Waals surface area contributed by atoms with E-state index >= 15 is 0 Å². The molecular formula is C12H25ClN2O3. The number of carbonyl (C=O) groups is 1. The number of likely N-dealkylation sites (N-methyl/N-ethyl adjacent to an activating group) is 1. The lowest BCUT2D eigenvalue weighted by Gasteiger charge is -2.24. The van der Waals surface area contributed by atoms with E-state index in [-0.39, 0.29) is 18.3 Å². The number of nitrogens with one attached hydrogen (secondary N) is 1. The Morgan fingerprint density at radius 1 is 1.39 bits per heavy atom. The number of nitrogens with zero attached hydrogens (tertiary/aromatic N) is 1. The molecule has 0 aromatic heterocycles. The highest BCUT2D eigenvalue weighted by molar-refractivity contribution is 5.85. The summed E-state index contributed by atoms with van der Waals surface area (Å²) in [5, 5.41) is 3.14. The Morgan fingerprint density at radius 3 is 2.83 bits per heavy atom. The van der Waals surface area contributed by atoms with E-state index in [1.165, 1.54) is 0 Å². The average Bonchev–Trinajstić information content (AvgIpc) is 2.77. The van der Waals surface area contributed by atoms with Crippen molar-refractivity contribution in [3.63, 3.8) is 0 Å². The fraction of sp³-hybridized carbons (Fsp3) is 0.917. The van der Waals surface area contributed by atoms with Gasteiger partial charge in [0.25, 0.3) is 0 Å². The highest BCUT2D eigenvalue weighted by Gasteiger charge is 2.27. The van der Waals surface area contributed by atoms with E-state index in [0.717, 1.165) is 25.9 Å². The standard InChI is InChI=1S/C12H24N2O3.ClH/c1-13-10-11-4-3-6-14(11)12(15)5-7-17-9-8-16-2;/h11,13H,3-10H2,1-2H3;1H. The van der Waals surface area contributed by atoms with Crippen LogP contribution in [0.15, 0.2) is 0 Å². The summed E-state index contributed by atoms with van der Waals surface area (Å²) in [5.74, 6) is 0.208. The third-order valence-corrected chi connectivity index (χ3v) is 3.03. The molecular weight excluding hydrogens is 256 g/mol. The van der Waals surface area contributed by atoms with Gasteiger partial charge in [-0.25, -0.2) is 0 Å². The number of halogens is 1. The quantitative estimate of drug-likeness (QED) is 0.664. The monoisotopic (exact) mass is 280 g/mol. The van der Waals surface area contributed by atoms with Gasteiger partial charge in [0.2, 0.25) is 5.91 Å². The Balaban J connectivity index is 0.00000289. The third kappa shape index (κ3) is 6.00. The number of amides is 1. The average molecular weight is 281 g/mol. The first-order valence-corrected chi connectivity index (χ1v) is 6.30. The van der Waals surface area contributed by atoms with Crippen LogP contribution in [0.4, 0.5) is 0 Å². The maximum absolute atomic E-state index is 12.0. The highest BCUT2D eigenvalue weighted by Crippen LogP contribution is 2.17. The molecule has 0 saturated carbocycles. The molecule has 1 rings (SSSR count). The fourth-order valence-corrected chi connectivity index (χ4v) is 2.16. The Labute approximate surface area is 116 Å². The van der Waals surface area contributed by atoms with Crippen molar-refractivity contribution in [1.29, 1.82) is 0 Å². The van der Waals surface area contributed by atoms with E-state index in [1.807, 2.05) is 11.9 Å². The third-order valence-electron chi connectivity index (χ3n) is 3.03. The Kier molecular flexibility index (Phi) is 10.3. The topological polar surface area (TPSA) is 50.8 Å². The van der Waals surface area contributed by atoms with Gasteiger partial charge in [-0.2, -0.15) is 0 Å². The number of hydrogen-bond donors (Lipinski definition) is 1. The lowest BCUT2D eigenvalue weighted by Crippen LogP contribution is -2.41. The molecule has 0 aromatic carbocycles. The first-order valence-electron chi connectivity index (χ1n) is 6.30. The molecule has 0 aromatic rings. The van der Waals surface area contributed by atoms with Gasteiger partial charge >= 0.3 is 0 Å². The molecule has 1 fully saturated rings. The number of methoxy groups -OCH3 is 1. The van der Waals surface area contributed by atoms with Gasteiger partial charge in [-0.05, 0) is 19.9 Å². The van der Waals surface area contributed by atoms with Crippen molar-refractivity contribution in [2.75, 3.05) is 47.1 Å². The number of likely N-dealkylation sites (tertiary alicyclic amines) is 1. The molecule has 1 aliphatic heterocycles. The molecule has 108 valence electrons. The van der Waals surface area contributed by atoms with Gasteiger partial charge in [-0.15, -0.1) is 12.4 Å². The summed E-state index contributed by atoms with van der Waals surface area (Å²) in [6.07, 6.45) is 2.70. The molecule has 18 heavy (non-hydrogen) atoms. The van der Waals surface area contributed by atoms with Crippen molar-refractivity contribution in [3.05, 3.63) is 0 Å². The molecule has 1 heterocycles. The van der Waals surface area contributed by atoms with Crippen molar-refractivity contribution >= 4 is 18.3 Å². The van der Waals surface area contributed by atoms with Crippen LogP contribution in [-0.2, 0) is 14.3 Å². The minimum Gasteiger partial charge on any atom is -0.382 e. The van der Waals surface area contributed by atoms with Crippen LogP contribution in [0.25, 0.3) is 0 Å². The zero-order valence-corrected chi connectivity index (χ0v) is 12.1. The van der Waals surface area contributed by atoms with E-state index < -0.39 is 0 Å². The molecule has 0 aliphatic carbocycles. The van der Waals surface area contributed by atoms with E-state index in [9.17, 15) is 4.79 Å². The summed E-state index contributed by atoms with van der Waals surface area (Å²) < 4.78 is 10.2. The molecule has 0 radical (unpaired) electrons. The van der Waals surface area contributed by atoms with Crippen LogP contribution >= 0.6 is 12.4 Å². The molecule has 1 amide bonds. The largest absolute Gasteiger partial charge is 0.382 e. The molecule has 0 spiro atoms. The molecule has 1 N–H and O–H groups in total. The van der Waals surface area contributed by atoms with Crippen LogP contribution in [0.3, 0.4) is 0 Å². The van der Waals surface area contributed by atoms with Gasteiger partial charge in [-0.3, -0.25) is 4.79 Å². The highest BCUT2D eigenvalue weighted by atomic mass is 35.5. The molecule has 1 atom stereocenters. The first-order chi connectivity index (χ1) is 8.29. The number of carbonyl (C=O) groups excluding carboxylic acids is 1. The van der Waals surface area contributed by atoms with Crippen molar-refractivity contribution in [1.82, 2.24) is 10.2 Å². The van der Waals surface area contributed by atoms with Crippen LogP contribution in [0.2, 0.25) is 0 Å². The van der Waals surface area contributed by atoms with Crippen molar-refractivity contribution in [2.24, 2.45) is 0 Å². The minimum absolute atomic E-state index is 0. The molecule has 1 aliphatic rings. The summed E-state index contributed by atoms with van der Waals surface area (Å²) >= 11 is 0. The smallest absolute Gasteiger partial charge is 0.225 e. The van der Waals surface area contributed by atoms with Crippen LogP contribution < -0.4 is 5.32 Å². The minimum atomic E-state index is 0. The fourth-order valence-electron chi connectivity index (χ4n) is 2.16. The maximum atomic E-state index is 12.0. The van der Waals surface area contributed by atoms with Gasteiger partial charge in [-0.1, -0.05) is 0 Å². The summed E-state index contributed by atoms with van der Waals surface area (Å²) in [7, 11) is 3.57. The van der Waals surface area contributed by atoms with Gasteiger partial charge < -0.3 is 19.7 Å². The van der Waals surface area contributed by atoms with Gasteiger partial charge in [0.1, 0.15) is 0 Å². The lowest BCUT2D eigenvalue weighted by molar-refractivity contribution is -0.133. The first kappa shape index (κ1) is 17.6. The number of rotatable bonds is 8. The van der Waals surface area contributed by atoms with Crippen molar-refractivity contribution < 1.29 is 14.3 Å². The van der Waals surface area contributed by atoms with E-state index in [0.29, 0.717) is 32.3 Å². The van der Waals surface area contributed by atoms with Crippen molar-refractivity contribution in [2.45, 2.75) is 25.3 Å². The predicted octanol–water partition coefficient (Wildman–Crippen LogP) is 0.672. The van der Waals surface area contributed by atoms with Gasteiger partial charge in [0.05, 0.1) is 26.2 Å². The van der Waals surface area contributed by atoms with Gasteiger partial charge in [0, 0.05) is 26.2 Å². The zero-order valence-electron chi connectivity index (χ0n) is 11.3. The lowest BCUT2D eigenvalue weighted by atomic mass is 10.2. The van der Waals surface area contributed by atoms with Crippen molar-refractivity contribution in [3.8, 4) is 0 Å². The molecule has 1 saturated heterocycles. The summed E-state index contributed by atoms with van der Waals surface area (Å²) in [5.41, 5.74) is 0. The molecule has 5 nitrogen and oxygen atoms in total. The predicted molar refractivity (Wildman–Crippen MR) is 73.2 cm³/mol. The van der Waals surface area contributed by atoms with E-state index in [4.69, 9.17) is 9.47 Å². The normalized spacial score (nSPS) is 18.8. The summed E-state index contributed by atoms with van der Waals surface area (Å²) in [6.45, 7) is 3.41. The van der Waals surface area contributed by atoms with Crippen LogP contribution in [0, 0.1) is 0 Å². The number of hydrogen-bond acceptors (Lipinski definition) is 4. The molecule has 0 bridgehead atoms. The van der Waals surface area contributed by atoms with Crippen LogP contribution in [0.5, 0.6) is 0 Å². The van der Waals surface area contributed by atoms with Crippen LogP contribution in [-0.4, -0.2) is 63.9 Å². The Bertz CT molecular complexity index is 229. The zero-order chi connectivity index (χ0) is 12.5. The number of ether oxygens (including phenoxy) is 2. The Hall–Kier alpha value is -0.360. The maximum Gasteiger partial charge on any atom is 0.225 e. The summed E-state index contributed by atoms with van der Waals surface area (Å²) in [6, 6.07) is 0.367. The van der Waals surface area contributed by atoms with Crippen LogP contribution in [0.1, 0.15) is 19.3 Å². The Morgan fingerprint density at radius 2 is 2.17 bits per heavy atom. The second-order valence-electron chi connectivity index (χ2n) is 4.30.